The molecule has 16 fully saturated rings. The first-order valence-corrected chi connectivity index (χ1v) is 36.6. The average Bonchev–Trinajstić information content (AvgIpc) is 1.33. The van der Waals surface area contributed by atoms with E-state index in [1.807, 2.05) is 0 Å². The Morgan fingerprint density at radius 1 is 0.245 bits per heavy atom. The van der Waals surface area contributed by atoms with Crippen molar-refractivity contribution in [2.24, 2.45) is 92.7 Å². The fourth-order valence-corrected chi connectivity index (χ4v) is 26.3. The van der Waals surface area contributed by atoms with Crippen molar-refractivity contribution in [1.29, 1.82) is 0 Å². The van der Waals surface area contributed by atoms with E-state index >= 15 is 0 Å². The van der Waals surface area contributed by atoms with Crippen molar-refractivity contribution in [2.45, 2.75) is 178 Å². The van der Waals surface area contributed by atoms with Gasteiger partial charge < -0.3 is 39.6 Å². The zero-order valence-electron chi connectivity index (χ0n) is 56.4. The molecule has 20 aliphatic rings. The van der Waals surface area contributed by atoms with Gasteiger partial charge in [-0.05, 0) is 295 Å². The summed E-state index contributed by atoms with van der Waals surface area (Å²) in [5.41, 5.74) is 0.474. The van der Waals surface area contributed by atoms with E-state index < -0.39 is 117 Å². The van der Waals surface area contributed by atoms with E-state index in [9.17, 15) is 78.0 Å². The van der Waals surface area contributed by atoms with Gasteiger partial charge in [-0.1, -0.05) is 48.5 Å². The van der Waals surface area contributed by atoms with Crippen LogP contribution in [0.2, 0.25) is 0 Å². The molecule has 4 aromatic rings. The first kappa shape index (κ1) is 70.2. The number of nitrogens with zero attached hydrogens (tertiary/aromatic N) is 4. The number of hydrogen-bond acceptors (Lipinski definition) is 16. The molecule has 534 valence electrons. The SMILES string of the molecule is O=C([O-])[C@H](N1C(=O)c2ccccc2C1=O)C12CC3CC(CC(C3)C1)C2.O=C([O-])[C@H](N1C(=O)c2ccccc2C1=O)C12CC3CC(CC(C3)C1)C2.O=C([O-])[C@H](N1C(=O)c2ccccc2C1=O)C12CC3CC(CC(C3)C1)C2.O=C([O-])[C@H](N1C(=O)c2ccccc2C1=O)C12CC3CC(CC(C3)C1)C2.[Rh+2].[Rh+2]. The summed E-state index contributed by atoms with van der Waals surface area (Å²) in [4.78, 5) is 156. The van der Waals surface area contributed by atoms with E-state index in [1.165, 1.54) is 77.0 Å². The van der Waals surface area contributed by atoms with E-state index in [0.717, 1.165) is 96.6 Å². The monoisotopic (exact) mass is 1560 g/mol. The zero-order valence-corrected chi connectivity index (χ0v) is 59.7. The number of carbonyl (C=O) groups excluding carboxylic acids is 12. The Kier molecular flexibility index (Phi) is 17.7. The van der Waals surface area contributed by atoms with Crippen LogP contribution in [0.5, 0.6) is 0 Å². The summed E-state index contributed by atoms with van der Waals surface area (Å²) in [6, 6.07) is 21.8. The molecule has 16 saturated carbocycles. The molecule has 4 aliphatic heterocycles. The predicted octanol–water partition coefficient (Wildman–Crippen LogP) is 6.47. The molecular formula is C80H80N4O16Rh2. The molecule has 2 radical (unpaired) electrons. The van der Waals surface area contributed by atoms with Gasteiger partial charge in [0.05, 0.1) is 92.6 Å². The molecule has 102 heavy (non-hydrogen) atoms. The van der Waals surface area contributed by atoms with E-state index in [-0.39, 0.29) is 39.0 Å². The maximum atomic E-state index is 12.9. The number of aliphatic carboxylic acids is 4. The van der Waals surface area contributed by atoms with Gasteiger partial charge in [-0.3, -0.25) is 58.0 Å². The van der Waals surface area contributed by atoms with Gasteiger partial charge in [0.2, 0.25) is 0 Å². The smallest absolute Gasteiger partial charge is 0.548 e. The maximum Gasteiger partial charge on any atom is 2.00 e. The van der Waals surface area contributed by atoms with Crippen molar-refractivity contribution < 1.29 is 117 Å². The Morgan fingerprint density at radius 3 is 0.451 bits per heavy atom. The fraction of sp³-hybridized carbons (Fsp3) is 0.550. The first-order chi connectivity index (χ1) is 47.9. The molecular weight excluding hydrogens is 1480 g/mol. The van der Waals surface area contributed by atoms with Crippen LogP contribution < -0.4 is 20.4 Å². The molecule has 22 heteroatoms. The van der Waals surface area contributed by atoms with Crippen LogP contribution in [0.4, 0.5) is 0 Å². The van der Waals surface area contributed by atoms with E-state index in [4.69, 9.17) is 0 Å². The molecule has 16 aliphatic carbocycles. The zero-order chi connectivity index (χ0) is 69.4. The Bertz CT molecular complexity index is 3460. The summed E-state index contributed by atoms with van der Waals surface area (Å²) in [5.74, 6) is -2.60. The van der Waals surface area contributed by atoms with Gasteiger partial charge in [0.15, 0.2) is 0 Å². The second-order valence-corrected chi connectivity index (χ2v) is 34.1. The fourth-order valence-electron chi connectivity index (χ4n) is 26.3. The molecule has 0 saturated heterocycles. The number of hydrogen-bond donors (Lipinski definition) is 0. The Hall–Kier alpha value is -7.43. The molecule has 0 spiro atoms. The number of fused-ring (bicyclic) bond motifs is 4. The van der Waals surface area contributed by atoms with E-state index in [1.54, 1.807) is 97.1 Å². The van der Waals surface area contributed by atoms with E-state index in [0.29, 0.717) is 116 Å². The molecule has 4 aromatic carbocycles. The largest absolute Gasteiger partial charge is 2.00 e. The molecule has 0 unspecified atom stereocenters. The maximum absolute atomic E-state index is 12.9. The molecule has 4 atom stereocenters. The van der Waals surface area contributed by atoms with Crippen LogP contribution in [0.1, 0.15) is 237 Å². The Morgan fingerprint density at radius 2 is 0.353 bits per heavy atom. The Balaban J connectivity index is 0.000000109. The molecule has 4 heterocycles. The number of carboxylic acids is 4. The molecule has 8 amide bonds. The minimum absolute atomic E-state index is 0. The third-order valence-corrected chi connectivity index (χ3v) is 27.9. The molecule has 0 N–H and O–H groups in total. The van der Waals surface area contributed by atoms with Gasteiger partial charge in [-0.25, -0.2) is 0 Å². The third-order valence-electron chi connectivity index (χ3n) is 27.9. The van der Waals surface area contributed by atoms with Gasteiger partial charge >= 0.3 is 39.0 Å². The summed E-state index contributed by atoms with van der Waals surface area (Å²) in [7, 11) is 0. The normalized spacial score (nSPS) is 35.9. The average molecular weight is 1560 g/mol. The summed E-state index contributed by atoms with van der Waals surface area (Å²) in [5, 5.41) is 48.7. The number of benzene rings is 4. The number of carboxylic acid groups (broad SMARTS) is 4. The second-order valence-electron chi connectivity index (χ2n) is 34.1. The van der Waals surface area contributed by atoms with Gasteiger partial charge in [0, 0.05) is 0 Å². The van der Waals surface area contributed by atoms with Gasteiger partial charge in [0.1, 0.15) is 0 Å². The van der Waals surface area contributed by atoms with Crippen molar-refractivity contribution in [1.82, 2.24) is 19.6 Å². The molecule has 24 rings (SSSR count). The van der Waals surface area contributed by atoms with Crippen LogP contribution in [-0.4, -0.2) is 115 Å². The van der Waals surface area contributed by atoms with Crippen LogP contribution in [0, 0.1) is 92.7 Å². The van der Waals surface area contributed by atoms with Gasteiger partial charge in [-0.2, -0.15) is 0 Å². The van der Waals surface area contributed by atoms with Crippen LogP contribution in [0.3, 0.4) is 0 Å². The second kappa shape index (κ2) is 25.7. The molecule has 20 nitrogen and oxygen atoms in total. The van der Waals surface area contributed by atoms with Crippen molar-refractivity contribution >= 4 is 71.1 Å². The van der Waals surface area contributed by atoms with Crippen molar-refractivity contribution in [3.05, 3.63) is 142 Å². The van der Waals surface area contributed by atoms with Crippen LogP contribution in [0.15, 0.2) is 97.1 Å². The topological polar surface area (TPSA) is 310 Å². The predicted molar refractivity (Wildman–Crippen MR) is 345 cm³/mol. The van der Waals surface area contributed by atoms with Gasteiger partial charge in [-0.15, -0.1) is 0 Å². The van der Waals surface area contributed by atoms with E-state index in [2.05, 4.69) is 0 Å². The van der Waals surface area contributed by atoms with Crippen molar-refractivity contribution in [3.63, 3.8) is 0 Å². The summed E-state index contributed by atoms with van der Waals surface area (Å²) in [6.07, 6.45) is 23.6. The molecule has 16 bridgehead atoms. The number of carbonyl (C=O) groups is 12. The van der Waals surface area contributed by atoms with Crippen LogP contribution in [-0.2, 0) is 58.1 Å². The Labute approximate surface area is 616 Å². The standard InChI is InChI=1S/4C20H21NO4.2Rh/c4*22-17-14-3-1-2-4-15(14)18(23)21(17)16(19(24)25)20-8-11-5-12(9-20)7-13(6-11)10-20;;/h4*1-4,11-13,16H,5-10H2,(H,24,25);;/q;;;;2*+2/p-4/t4*11?,12?,13?,16-,20?;;/m0000../s1. The number of amides is 8. The van der Waals surface area contributed by atoms with Crippen molar-refractivity contribution in [3.8, 4) is 0 Å². The van der Waals surface area contributed by atoms with Crippen LogP contribution >= 0.6 is 0 Å². The summed E-state index contributed by atoms with van der Waals surface area (Å²) >= 11 is 0. The van der Waals surface area contributed by atoms with Gasteiger partial charge in [0.25, 0.3) is 47.3 Å². The molecule has 0 aromatic heterocycles. The quantitative estimate of drug-likeness (QED) is 0.108. The minimum Gasteiger partial charge on any atom is -0.548 e. The first-order valence-electron chi connectivity index (χ1n) is 36.6. The third kappa shape index (κ3) is 11.1. The number of rotatable bonds is 12. The summed E-state index contributed by atoms with van der Waals surface area (Å²) in [6.45, 7) is 0. The van der Waals surface area contributed by atoms with Crippen molar-refractivity contribution in [2.75, 3.05) is 0 Å². The minimum atomic E-state index is -1.28. The number of imide groups is 4. The summed E-state index contributed by atoms with van der Waals surface area (Å²) < 4.78 is 0. The van der Waals surface area contributed by atoms with Crippen LogP contribution in [0.25, 0.3) is 0 Å².